The van der Waals surface area contributed by atoms with E-state index < -0.39 is 0 Å². The average molecular weight is 285 g/mol. The van der Waals surface area contributed by atoms with Gasteiger partial charge in [-0.25, -0.2) is 0 Å². The zero-order valence-corrected chi connectivity index (χ0v) is 12.1. The topological polar surface area (TPSA) is 67.4 Å². The molecule has 6 nitrogen and oxygen atoms in total. The lowest BCUT2D eigenvalue weighted by atomic mass is 10.2. The summed E-state index contributed by atoms with van der Waals surface area (Å²) < 4.78 is 1.65. The van der Waals surface area contributed by atoms with E-state index in [2.05, 4.69) is 16.1 Å². The van der Waals surface area contributed by atoms with Crippen LogP contribution in [0, 0.1) is 0 Å². The second kappa shape index (κ2) is 5.47. The van der Waals surface area contributed by atoms with Crippen molar-refractivity contribution in [3.05, 3.63) is 42.2 Å². The first kappa shape index (κ1) is 13.5. The molecule has 0 radical (unpaired) electrons. The normalized spacial score (nSPS) is 15.3. The molecular formula is C15H19N5O. The Labute approximate surface area is 123 Å². The van der Waals surface area contributed by atoms with Gasteiger partial charge in [-0.15, -0.1) is 0 Å². The maximum Gasteiger partial charge on any atom is 0.257 e. The minimum absolute atomic E-state index is 0.0512. The van der Waals surface area contributed by atoms with E-state index in [9.17, 15) is 4.79 Å². The summed E-state index contributed by atoms with van der Waals surface area (Å²) in [5.41, 5.74) is 8.35. The second-order valence-corrected chi connectivity index (χ2v) is 5.28. The van der Waals surface area contributed by atoms with Gasteiger partial charge in [0.2, 0.25) is 0 Å². The predicted molar refractivity (Wildman–Crippen MR) is 82.2 cm³/mol. The third-order valence-electron chi connectivity index (χ3n) is 3.75. The monoisotopic (exact) mass is 285 g/mol. The van der Waals surface area contributed by atoms with Crippen molar-refractivity contribution in [2.45, 2.75) is 0 Å². The van der Waals surface area contributed by atoms with Gasteiger partial charge < -0.3 is 15.5 Å². The Bertz CT molecular complexity index is 643. The molecule has 1 fully saturated rings. The van der Waals surface area contributed by atoms with Gasteiger partial charge in [-0.3, -0.25) is 9.48 Å². The summed E-state index contributed by atoms with van der Waals surface area (Å²) >= 11 is 0. The highest BCUT2D eigenvalue weighted by Crippen LogP contribution is 2.19. The van der Waals surface area contributed by atoms with Crippen molar-refractivity contribution in [1.29, 1.82) is 0 Å². The maximum atomic E-state index is 12.3. The van der Waals surface area contributed by atoms with Crippen molar-refractivity contribution in [2.75, 3.05) is 36.8 Å². The number of nitrogens with two attached hydrogens (primary N) is 1. The Balaban J connectivity index is 1.64. The molecule has 2 N–H and O–H groups in total. The Morgan fingerprint density at radius 3 is 2.62 bits per heavy atom. The third kappa shape index (κ3) is 2.84. The molecule has 2 aromatic rings. The number of aromatic nitrogens is 2. The number of benzene rings is 1. The Morgan fingerprint density at radius 2 is 2.00 bits per heavy atom. The highest BCUT2D eigenvalue weighted by molar-refractivity contribution is 5.93. The molecule has 3 rings (SSSR count). The largest absolute Gasteiger partial charge is 0.399 e. The predicted octanol–water partition coefficient (Wildman–Crippen LogP) is 0.965. The first-order valence-corrected chi connectivity index (χ1v) is 7.02. The molecule has 1 aromatic carbocycles. The fraction of sp³-hybridized carbons (Fsp3) is 0.333. The minimum Gasteiger partial charge on any atom is -0.399 e. The van der Waals surface area contributed by atoms with Crippen LogP contribution in [0.15, 0.2) is 36.7 Å². The number of nitrogen functional groups attached to an aromatic ring is 1. The molecule has 21 heavy (non-hydrogen) atoms. The average Bonchev–Trinajstić information content (AvgIpc) is 2.93. The smallest absolute Gasteiger partial charge is 0.257 e. The number of carbonyl (C=O) groups excluding carboxylic acids is 1. The molecule has 0 unspecified atom stereocenters. The van der Waals surface area contributed by atoms with E-state index in [1.807, 2.05) is 30.1 Å². The molecule has 2 heterocycles. The van der Waals surface area contributed by atoms with E-state index in [1.165, 1.54) is 0 Å². The van der Waals surface area contributed by atoms with Gasteiger partial charge in [-0.1, -0.05) is 6.07 Å². The SMILES string of the molecule is Cn1cc(C(=O)N2CCN(c3cccc(N)c3)CC2)cn1. The first-order chi connectivity index (χ1) is 10.1. The maximum absolute atomic E-state index is 12.3. The van der Waals surface area contributed by atoms with Gasteiger partial charge in [-0.2, -0.15) is 5.10 Å². The van der Waals surface area contributed by atoms with E-state index >= 15 is 0 Å². The molecule has 6 heteroatoms. The zero-order valence-electron chi connectivity index (χ0n) is 12.1. The molecule has 0 bridgehead atoms. The lowest BCUT2D eigenvalue weighted by Gasteiger charge is -2.36. The van der Waals surface area contributed by atoms with Crippen molar-refractivity contribution in [3.63, 3.8) is 0 Å². The highest BCUT2D eigenvalue weighted by atomic mass is 16.2. The summed E-state index contributed by atoms with van der Waals surface area (Å²) in [5, 5.41) is 4.05. The van der Waals surface area contributed by atoms with Crippen LogP contribution < -0.4 is 10.6 Å². The van der Waals surface area contributed by atoms with Crippen LogP contribution in [0.3, 0.4) is 0 Å². The van der Waals surface area contributed by atoms with E-state index in [0.717, 1.165) is 24.5 Å². The quantitative estimate of drug-likeness (QED) is 0.835. The molecule has 0 saturated carbocycles. The van der Waals surface area contributed by atoms with Gasteiger partial charge in [0.1, 0.15) is 0 Å². The number of hydrogen-bond donors (Lipinski definition) is 1. The summed E-state index contributed by atoms with van der Waals surface area (Å²) in [6, 6.07) is 7.86. The fourth-order valence-electron chi connectivity index (χ4n) is 2.60. The van der Waals surface area contributed by atoms with E-state index in [-0.39, 0.29) is 5.91 Å². The Kier molecular flexibility index (Phi) is 3.51. The van der Waals surface area contributed by atoms with Crippen molar-refractivity contribution in [3.8, 4) is 0 Å². The summed E-state index contributed by atoms with van der Waals surface area (Å²) in [4.78, 5) is 16.5. The molecule has 1 aromatic heterocycles. The molecule has 0 atom stereocenters. The van der Waals surface area contributed by atoms with Crippen molar-refractivity contribution in [2.24, 2.45) is 7.05 Å². The van der Waals surface area contributed by atoms with Gasteiger partial charge >= 0.3 is 0 Å². The van der Waals surface area contributed by atoms with Gasteiger partial charge in [0.25, 0.3) is 5.91 Å². The van der Waals surface area contributed by atoms with Crippen LogP contribution in [0.25, 0.3) is 0 Å². The standard InChI is InChI=1S/C15H19N5O/c1-18-11-12(10-17-18)15(21)20-7-5-19(6-8-20)14-4-2-3-13(16)9-14/h2-4,9-11H,5-8,16H2,1H3. The number of anilines is 2. The lowest BCUT2D eigenvalue weighted by molar-refractivity contribution is 0.0746. The van der Waals surface area contributed by atoms with Crippen LogP contribution in [0.2, 0.25) is 0 Å². The third-order valence-corrected chi connectivity index (χ3v) is 3.75. The number of piperazine rings is 1. The van der Waals surface area contributed by atoms with Gasteiger partial charge in [-0.05, 0) is 18.2 Å². The number of aryl methyl sites for hydroxylation is 1. The van der Waals surface area contributed by atoms with Crippen LogP contribution in [-0.4, -0.2) is 46.8 Å². The lowest BCUT2D eigenvalue weighted by Crippen LogP contribution is -2.48. The van der Waals surface area contributed by atoms with Crippen molar-refractivity contribution < 1.29 is 4.79 Å². The van der Waals surface area contributed by atoms with E-state index in [0.29, 0.717) is 18.7 Å². The van der Waals surface area contributed by atoms with Crippen molar-refractivity contribution >= 4 is 17.3 Å². The summed E-state index contributed by atoms with van der Waals surface area (Å²) in [5.74, 6) is 0.0512. The van der Waals surface area contributed by atoms with Crippen LogP contribution in [0.1, 0.15) is 10.4 Å². The molecule has 110 valence electrons. The van der Waals surface area contributed by atoms with Gasteiger partial charge in [0, 0.05) is 50.8 Å². The fourth-order valence-corrected chi connectivity index (χ4v) is 2.60. The first-order valence-electron chi connectivity index (χ1n) is 7.02. The second-order valence-electron chi connectivity index (χ2n) is 5.28. The molecule has 1 aliphatic rings. The summed E-state index contributed by atoms with van der Waals surface area (Å²) in [6.07, 6.45) is 3.37. The van der Waals surface area contributed by atoms with Crippen LogP contribution >= 0.6 is 0 Å². The highest BCUT2D eigenvalue weighted by Gasteiger charge is 2.23. The number of hydrogen-bond acceptors (Lipinski definition) is 4. The molecule has 0 spiro atoms. The molecule has 1 amide bonds. The van der Waals surface area contributed by atoms with E-state index in [1.54, 1.807) is 17.1 Å². The Hall–Kier alpha value is -2.50. The minimum atomic E-state index is 0.0512. The van der Waals surface area contributed by atoms with Crippen LogP contribution in [-0.2, 0) is 7.05 Å². The number of carbonyl (C=O) groups is 1. The molecule has 1 aliphatic heterocycles. The number of nitrogens with zero attached hydrogens (tertiary/aromatic N) is 4. The van der Waals surface area contributed by atoms with Crippen molar-refractivity contribution in [1.82, 2.24) is 14.7 Å². The van der Waals surface area contributed by atoms with Crippen LogP contribution in [0.5, 0.6) is 0 Å². The van der Waals surface area contributed by atoms with Gasteiger partial charge in [0.15, 0.2) is 0 Å². The Morgan fingerprint density at radius 1 is 1.24 bits per heavy atom. The molecule has 0 aliphatic carbocycles. The molecular weight excluding hydrogens is 266 g/mol. The summed E-state index contributed by atoms with van der Waals surface area (Å²) in [7, 11) is 1.81. The van der Waals surface area contributed by atoms with Gasteiger partial charge in [0.05, 0.1) is 11.8 Å². The van der Waals surface area contributed by atoms with E-state index in [4.69, 9.17) is 5.73 Å². The summed E-state index contributed by atoms with van der Waals surface area (Å²) in [6.45, 7) is 3.05. The van der Waals surface area contributed by atoms with Crippen LogP contribution in [0.4, 0.5) is 11.4 Å². The zero-order chi connectivity index (χ0) is 14.8. The number of rotatable bonds is 2. The molecule has 1 saturated heterocycles. The number of amides is 1.